The number of nitrogens with two attached hydrogens (primary N) is 1. The van der Waals surface area contributed by atoms with E-state index in [0.29, 0.717) is 6.04 Å². The first-order valence-corrected chi connectivity index (χ1v) is 5.68. The highest BCUT2D eigenvalue weighted by Gasteiger charge is 2.33. The van der Waals surface area contributed by atoms with Gasteiger partial charge in [0.15, 0.2) is 0 Å². The predicted molar refractivity (Wildman–Crippen MR) is 55.5 cm³/mol. The maximum absolute atomic E-state index is 6.12. The van der Waals surface area contributed by atoms with Crippen LogP contribution < -0.4 is 5.73 Å². The second-order valence-electron chi connectivity index (χ2n) is 5.00. The number of likely N-dealkylation sites (tertiary alicyclic amines) is 1. The first-order chi connectivity index (χ1) is 6.18. The summed E-state index contributed by atoms with van der Waals surface area (Å²) in [5.74, 6) is 1.72. The molecule has 0 aromatic rings. The van der Waals surface area contributed by atoms with Crippen LogP contribution in [0.5, 0.6) is 0 Å². The second kappa shape index (κ2) is 3.58. The van der Waals surface area contributed by atoms with Gasteiger partial charge >= 0.3 is 0 Å². The molecule has 0 bridgehead atoms. The molecule has 1 aliphatic carbocycles. The summed E-state index contributed by atoms with van der Waals surface area (Å²) < 4.78 is 0. The lowest BCUT2D eigenvalue weighted by atomic mass is 10.0. The topological polar surface area (TPSA) is 29.3 Å². The van der Waals surface area contributed by atoms with E-state index in [2.05, 4.69) is 18.7 Å². The molecular formula is C11H22N2. The summed E-state index contributed by atoms with van der Waals surface area (Å²) in [6.07, 6.45) is 4.11. The first-order valence-electron chi connectivity index (χ1n) is 5.68. The van der Waals surface area contributed by atoms with Crippen molar-refractivity contribution in [3.05, 3.63) is 0 Å². The van der Waals surface area contributed by atoms with Crippen LogP contribution in [-0.4, -0.2) is 30.1 Å². The summed E-state index contributed by atoms with van der Waals surface area (Å²) in [5, 5.41) is 0. The van der Waals surface area contributed by atoms with Gasteiger partial charge in [-0.05, 0) is 44.6 Å². The van der Waals surface area contributed by atoms with Gasteiger partial charge in [0.2, 0.25) is 0 Å². The van der Waals surface area contributed by atoms with Crippen LogP contribution in [0.4, 0.5) is 0 Å². The van der Waals surface area contributed by atoms with E-state index in [1.807, 2.05) is 0 Å². The van der Waals surface area contributed by atoms with Gasteiger partial charge in [0, 0.05) is 18.6 Å². The van der Waals surface area contributed by atoms with E-state index in [0.717, 1.165) is 24.4 Å². The Morgan fingerprint density at radius 2 is 2.00 bits per heavy atom. The van der Waals surface area contributed by atoms with Gasteiger partial charge in [0.1, 0.15) is 0 Å². The largest absolute Gasteiger partial charge is 0.326 e. The van der Waals surface area contributed by atoms with Crippen LogP contribution in [0.25, 0.3) is 0 Å². The Labute approximate surface area is 81.5 Å². The van der Waals surface area contributed by atoms with Crippen molar-refractivity contribution in [1.29, 1.82) is 0 Å². The predicted octanol–water partition coefficient (Wildman–Crippen LogP) is 1.45. The van der Waals surface area contributed by atoms with Crippen LogP contribution in [0.2, 0.25) is 0 Å². The first kappa shape index (κ1) is 9.47. The van der Waals surface area contributed by atoms with Crippen LogP contribution in [0.15, 0.2) is 0 Å². The van der Waals surface area contributed by atoms with E-state index in [1.54, 1.807) is 0 Å². The van der Waals surface area contributed by atoms with Crippen molar-refractivity contribution in [3.8, 4) is 0 Å². The Morgan fingerprint density at radius 3 is 2.46 bits per heavy atom. The Hall–Kier alpha value is -0.0800. The third-order valence-corrected chi connectivity index (χ3v) is 3.94. The molecule has 13 heavy (non-hydrogen) atoms. The monoisotopic (exact) mass is 182 g/mol. The molecule has 0 radical (unpaired) electrons. The Morgan fingerprint density at radius 1 is 1.31 bits per heavy atom. The minimum atomic E-state index is 0.452. The van der Waals surface area contributed by atoms with Crippen LogP contribution >= 0.6 is 0 Å². The molecule has 0 aromatic carbocycles. The minimum Gasteiger partial charge on any atom is -0.326 e. The molecule has 2 N–H and O–H groups in total. The average molecular weight is 182 g/mol. The second-order valence-corrected chi connectivity index (χ2v) is 5.00. The lowest BCUT2D eigenvalue weighted by Crippen LogP contribution is -2.41. The molecule has 76 valence electrons. The molecule has 1 saturated carbocycles. The lowest BCUT2D eigenvalue weighted by Gasteiger charge is -2.26. The molecule has 1 aliphatic heterocycles. The van der Waals surface area contributed by atoms with E-state index < -0.39 is 0 Å². The molecule has 1 saturated heterocycles. The van der Waals surface area contributed by atoms with E-state index >= 15 is 0 Å². The molecule has 2 aliphatic rings. The smallest absolute Gasteiger partial charge is 0.0196 e. The maximum atomic E-state index is 6.12. The highest BCUT2D eigenvalue weighted by atomic mass is 15.2. The van der Waals surface area contributed by atoms with Gasteiger partial charge in [0.25, 0.3) is 0 Å². The van der Waals surface area contributed by atoms with Gasteiger partial charge in [-0.3, -0.25) is 4.90 Å². The zero-order chi connectivity index (χ0) is 9.42. The SMILES string of the molecule is CC1CCN(CC(N)C2CC2)C1C. The van der Waals surface area contributed by atoms with Crippen molar-refractivity contribution < 1.29 is 0 Å². The molecule has 0 amide bonds. The normalized spacial score (nSPS) is 38.1. The Kier molecular flexibility index (Phi) is 2.61. The van der Waals surface area contributed by atoms with Gasteiger partial charge in [-0.2, -0.15) is 0 Å². The van der Waals surface area contributed by atoms with Crippen LogP contribution in [0.1, 0.15) is 33.1 Å². The van der Waals surface area contributed by atoms with Gasteiger partial charge in [-0.15, -0.1) is 0 Å². The summed E-state index contributed by atoms with van der Waals surface area (Å²) >= 11 is 0. The van der Waals surface area contributed by atoms with Crippen molar-refractivity contribution in [3.63, 3.8) is 0 Å². The zero-order valence-electron chi connectivity index (χ0n) is 8.87. The summed E-state index contributed by atoms with van der Waals surface area (Å²) in [7, 11) is 0. The molecular weight excluding hydrogens is 160 g/mol. The molecule has 2 nitrogen and oxygen atoms in total. The minimum absolute atomic E-state index is 0.452. The van der Waals surface area contributed by atoms with E-state index in [1.165, 1.54) is 25.8 Å². The van der Waals surface area contributed by atoms with Gasteiger partial charge in [-0.1, -0.05) is 6.92 Å². The van der Waals surface area contributed by atoms with Crippen LogP contribution in [-0.2, 0) is 0 Å². The molecule has 2 heteroatoms. The molecule has 0 aromatic heterocycles. The van der Waals surface area contributed by atoms with Crippen molar-refractivity contribution in [2.24, 2.45) is 17.6 Å². The van der Waals surface area contributed by atoms with Crippen molar-refractivity contribution in [2.75, 3.05) is 13.1 Å². The number of rotatable bonds is 3. The fraction of sp³-hybridized carbons (Fsp3) is 1.00. The van der Waals surface area contributed by atoms with Crippen molar-refractivity contribution >= 4 is 0 Å². The van der Waals surface area contributed by atoms with Gasteiger partial charge in [-0.25, -0.2) is 0 Å². The molecule has 2 rings (SSSR count). The summed E-state index contributed by atoms with van der Waals surface area (Å²) in [6.45, 7) is 7.10. The van der Waals surface area contributed by atoms with E-state index in [4.69, 9.17) is 5.73 Å². The number of nitrogens with zero attached hydrogens (tertiary/aromatic N) is 1. The molecule has 2 fully saturated rings. The molecule has 3 atom stereocenters. The van der Waals surface area contributed by atoms with Crippen LogP contribution in [0.3, 0.4) is 0 Å². The quantitative estimate of drug-likeness (QED) is 0.716. The maximum Gasteiger partial charge on any atom is 0.0196 e. The third kappa shape index (κ3) is 2.05. The Balaban J connectivity index is 1.80. The lowest BCUT2D eigenvalue weighted by molar-refractivity contribution is 0.226. The van der Waals surface area contributed by atoms with Crippen molar-refractivity contribution in [2.45, 2.75) is 45.2 Å². The average Bonchev–Trinajstić information content (AvgIpc) is 2.89. The fourth-order valence-corrected chi connectivity index (χ4v) is 2.38. The molecule has 0 spiro atoms. The molecule has 1 heterocycles. The zero-order valence-corrected chi connectivity index (χ0v) is 8.87. The number of hydrogen-bond acceptors (Lipinski definition) is 2. The highest BCUT2D eigenvalue weighted by Crippen LogP contribution is 2.33. The Bertz CT molecular complexity index is 177. The number of hydrogen-bond donors (Lipinski definition) is 1. The summed E-state index contributed by atoms with van der Waals surface area (Å²) in [4.78, 5) is 2.58. The fourth-order valence-electron chi connectivity index (χ4n) is 2.38. The third-order valence-electron chi connectivity index (χ3n) is 3.94. The van der Waals surface area contributed by atoms with E-state index in [-0.39, 0.29) is 0 Å². The van der Waals surface area contributed by atoms with Crippen molar-refractivity contribution in [1.82, 2.24) is 4.90 Å². The van der Waals surface area contributed by atoms with Crippen LogP contribution in [0, 0.1) is 11.8 Å². The van der Waals surface area contributed by atoms with Gasteiger partial charge in [0.05, 0.1) is 0 Å². The summed E-state index contributed by atoms with van der Waals surface area (Å²) in [6, 6.07) is 1.21. The highest BCUT2D eigenvalue weighted by molar-refractivity contribution is 4.89. The standard InChI is InChI=1S/C11H22N2/c1-8-5-6-13(9(8)2)7-11(12)10-3-4-10/h8-11H,3-7,12H2,1-2H3. The van der Waals surface area contributed by atoms with E-state index in [9.17, 15) is 0 Å². The van der Waals surface area contributed by atoms with Gasteiger partial charge < -0.3 is 5.73 Å². The summed E-state index contributed by atoms with van der Waals surface area (Å²) in [5.41, 5.74) is 6.12. The molecule has 3 unspecified atom stereocenters.